The first-order valence-electron chi connectivity index (χ1n) is 9.34. The standard InChI is InChI=1S/C21H23ClN6O2/c1-12-8-13(2)18(14(3)9-12)25-17(29)11-28-20(23)19(26-27-28)21(30)24-10-15-4-6-16(22)7-5-15/h4-9H,10-11,23H2,1-3H3,(H,24,30)(H,25,29). The second-order valence-electron chi connectivity index (χ2n) is 7.11. The third kappa shape index (κ3) is 4.96. The molecule has 8 nitrogen and oxygen atoms in total. The maximum Gasteiger partial charge on any atom is 0.275 e. The van der Waals surface area contributed by atoms with E-state index in [2.05, 4.69) is 20.9 Å². The number of amides is 2. The van der Waals surface area contributed by atoms with Gasteiger partial charge in [0.25, 0.3) is 5.91 Å². The summed E-state index contributed by atoms with van der Waals surface area (Å²) in [5, 5.41) is 13.9. The fourth-order valence-electron chi connectivity index (χ4n) is 3.16. The van der Waals surface area contributed by atoms with Gasteiger partial charge in [0.05, 0.1) is 0 Å². The summed E-state index contributed by atoms with van der Waals surface area (Å²) in [6, 6.07) is 11.1. The van der Waals surface area contributed by atoms with Crippen LogP contribution in [0, 0.1) is 20.8 Å². The van der Waals surface area contributed by atoms with Crippen molar-refractivity contribution < 1.29 is 9.59 Å². The Morgan fingerprint density at radius 3 is 2.37 bits per heavy atom. The third-order valence-corrected chi connectivity index (χ3v) is 4.84. The third-order valence-electron chi connectivity index (χ3n) is 4.59. The molecule has 1 aromatic heterocycles. The number of nitrogens with two attached hydrogens (primary N) is 1. The van der Waals surface area contributed by atoms with Crippen LogP contribution >= 0.6 is 11.6 Å². The smallest absolute Gasteiger partial charge is 0.275 e. The van der Waals surface area contributed by atoms with Crippen molar-refractivity contribution in [1.82, 2.24) is 20.3 Å². The molecule has 156 valence electrons. The maximum atomic E-state index is 12.5. The highest BCUT2D eigenvalue weighted by molar-refractivity contribution is 6.30. The molecular formula is C21H23ClN6O2. The molecule has 1 heterocycles. The minimum absolute atomic E-state index is 0.0242. The number of nitrogen functional groups attached to an aromatic ring is 1. The van der Waals surface area contributed by atoms with Crippen LogP contribution in [0.4, 0.5) is 11.5 Å². The molecule has 0 spiro atoms. The Bertz CT molecular complexity index is 1070. The summed E-state index contributed by atoms with van der Waals surface area (Å²) in [4.78, 5) is 24.9. The number of benzene rings is 2. The van der Waals surface area contributed by atoms with Crippen LogP contribution in [-0.4, -0.2) is 26.8 Å². The van der Waals surface area contributed by atoms with E-state index < -0.39 is 5.91 Å². The average molecular weight is 427 g/mol. The number of nitrogens with zero attached hydrogens (tertiary/aromatic N) is 3. The Balaban J connectivity index is 1.64. The second-order valence-corrected chi connectivity index (χ2v) is 7.55. The van der Waals surface area contributed by atoms with Crippen LogP contribution in [0.3, 0.4) is 0 Å². The van der Waals surface area contributed by atoms with Crippen LogP contribution in [0.15, 0.2) is 36.4 Å². The molecule has 0 aliphatic rings. The highest BCUT2D eigenvalue weighted by Crippen LogP contribution is 2.22. The van der Waals surface area contributed by atoms with E-state index in [0.717, 1.165) is 27.9 Å². The van der Waals surface area contributed by atoms with Crippen molar-refractivity contribution in [2.45, 2.75) is 33.9 Å². The Morgan fingerprint density at radius 2 is 1.73 bits per heavy atom. The molecule has 2 aromatic carbocycles. The van der Waals surface area contributed by atoms with Crippen molar-refractivity contribution in [3.63, 3.8) is 0 Å². The van der Waals surface area contributed by atoms with Gasteiger partial charge in [-0.25, -0.2) is 4.68 Å². The van der Waals surface area contributed by atoms with Gasteiger partial charge in [-0.15, -0.1) is 5.10 Å². The number of hydrogen-bond donors (Lipinski definition) is 3. The summed E-state index contributed by atoms with van der Waals surface area (Å²) in [5.41, 5.74) is 10.7. The topological polar surface area (TPSA) is 115 Å². The second kappa shape index (κ2) is 8.96. The Hall–Kier alpha value is -3.39. The van der Waals surface area contributed by atoms with Crippen molar-refractivity contribution in [2.24, 2.45) is 0 Å². The van der Waals surface area contributed by atoms with Gasteiger partial charge in [0.2, 0.25) is 5.91 Å². The molecule has 0 fully saturated rings. The van der Waals surface area contributed by atoms with Crippen molar-refractivity contribution >= 4 is 34.9 Å². The monoisotopic (exact) mass is 426 g/mol. The van der Waals surface area contributed by atoms with E-state index in [4.69, 9.17) is 17.3 Å². The molecule has 2 amide bonds. The lowest BCUT2D eigenvalue weighted by Crippen LogP contribution is -2.25. The molecule has 0 atom stereocenters. The molecule has 0 radical (unpaired) electrons. The van der Waals surface area contributed by atoms with Crippen LogP contribution in [0.1, 0.15) is 32.7 Å². The van der Waals surface area contributed by atoms with E-state index in [0.29, 0.717) is 5.02 Å². The predicted molar refractivity (Wildman–Crippen MR) is 116 cm³/mol. The van der Waals surface area contributed by atoms with Crippen molar-refractivity contribution in [2.75, 3.05) is 11.1 Å². The fourth-order valence-corrected chi connectivity index (χ4v) is 3.29. The summed E-state index contributed by atoms with van der Waals surface area (Å²) >= 11 is 5.85. The molecule has 3 aromatic rings. The SMILES string of the molecule is Cc1cc(C)c(NC(=O)Cn2nnc(C(=O)NCc3ccc(Cl)cc3)c2N)c(C)c1. The molecular weight excluding hydrogens is 404 g/mol. The van der Waals surface area contributed by atoms with E-state index in [-0.39, 0.29) is 30.5 Å². The number of aryl methyl sites for hydroxylation is 3. The zero-order valence-electron chi connectivity index (χ0n) is 17.0. The van der Waals surface area contributed by atoms with Crippen LogP contribution in [0.5, 0.6) is 0 Å². The lowest BCUT2D eigenvalue weighted by molar-refractivity contribution is -0.116. The number of aromatic nitrogens is 3. The van der Waals surface area contributed by atoms with Gasteiger partial charge < -0.3 is 16.4 Å². The highest BCUT2D eigenvalue weighted by atomic mass is 35.5. The van der Waals surface area contributed by atoms with E-state index in [1.807, 2.05) is 45.0 Å². The van der Waals surface area contributed by atoms with Gasteiger partial charge in [0, 0.05) is 17.3 Å². The van der Waals surface area contributed by atoms with Crippen molar-refractivity contribution in [1.29, 1.82) is 0 Å². The van der Waals surface area contributed by atoms with Gasteiger partial charge in [-0.2, -0.15) is 0 Å². The van der Waals surface area contributed by atoms with Crippen LogP contribution in [0.2, 0.25) is 5.02 Å². The Morgan fingerprint density at radius 1 is 1.10 bits per heavy atom. The predicted octanol–water partition coefficient (Wildman–Crippen LogP) is 3.01. The molecule has 0 unspecified atom stereocenters. The molecule has 0 aliphatic heterocycles. The van der Waals surface area contributed by atoms with Gasteiger partial charge in [0.1, 0.15) is 6.54 Å². The number of rotatable bonds is 6. The quantitative estimate of drug-likeness (QED) is 0.560. The Labute approximate surface area is 179 Å². The van der Waals surface area contributed by atoms with Crippen LogP contribution in [-0.2, 0) is 17.9 Å². The molecule has 0 saturated heterocycles. The van der Waals surface area contributed by atoms with E-state index in [9.17, 15) is 9.59 Å². The summed E-state index contributed by atoms with van der Waals surface area (Å²) in [7, 11) is 0. The van der Waals surface area contributed by atoms with E-state index in [1.165, 1.54) is 4.68 Å². The van der Waals surface area contributed by atoms with Gasteiger partial charge in [-0.05, 0) is 49.6 Å². The van der Waals surface area contributed by atoms with Crippen LogP contribution in [0.25, 0.3) is 0 Å². The first-order valence-corrected chi connectivity index (χ1v) is 9.71. The van der Waals surface area contributed by atoms with Gasteiger partial charge in [0.15, 0.2) is 11.5 Å². The summed E-state index contributed by atoms with van der Waals surface area (Å²) in [6.45, 7) is 6.00. The zero-order chi connectivity index (χ0) is 21.8. The summed E-state index contributed by atoms with van der Waals surface area (Å²) in [6.07, 6.45) is 0. The number of halogens is 1. The first kappa shape index (κ1) is 21.3. The normalized spacial score (nSPS) is 10.7. The lowest BCUT2D eigenvalue weighted by atomic mass is 10.1. The minimum Gasteiger partial charge on any atom is -0.382 e. The van der Waals surface area contributed by atoms with Crippen molar-refractivity contribution in [3.05, 3.63) is 69.4 Å². The molecule has 0 bridgehead atoms. The fraction of sp³-hybridized carbons (Fsp3) is 0.238. The Kier molecular flexibility index (Phi) is 6.37. The van der Waals surface area contributed by atoms with Crippen LogP contribution < -0.4 is 16.4 Å². The van der Waals surface area contributed by atoms with E-state index >= 15 is 0 Å². The largest absolute Gasteiger partial charge is 0.382 e. The minimum atomic E-state index is -0.473. The van der Waals surface area contributed by atoms with Crippen molar-refractivity contribution in [3.8, 4) is 0 Å². The number of anilines is 2. The molecule has 4 N–H and O–H groups in total. The first-order chi connectivity index (χ1) is 14.2. The average Bonchev–Trinajstić information content (AvgIpc) is 3.04. The number of carbonyl (C=O) groups is 2. The molecule has 30 heavy (non-hydrogen) atoms. The van der Waals surface area contributed by atoms with Gasteiger partial charge in [-0.3, -0.25) is 9.59 Å². The molecule has 0 aliphatic carbocycles. The summed E-state index contributed by atoms with van der Waals surface area (Å²) < 4.78 is 1.20. The highest BCUT2D eigenvalue weighted by Gasteiger charge is 2.19. The molecule has 9 heteroatoms. The number of hydrogen-bond acceptors (Lipinski definition) is 5. The maximum absolute atomic E-state index is 12.5. The molecule has 0 saturated carbocycles. The van der Waals surface area contributed by atoms with Gasteiger partial charge in [-0.1, -0.05) is 46.6 Å². The van der Waals surface area contributed by atoms with Gasteiger partial charge >= 0.3 is 0 Å². The number of carbonyl (C=O) groups excluding carboxylic acids is 2. The molecule has 3 rings (SSSR count). The zero-order valence-corrected chi connectivity index (χ0v) is 17.7. The number of nitrogens with one attached hydrogen (secondary N) is 2. The lowest BCUT2D eigenvalue weighted by Gasteiger charge is -2.13. The van der Waals surface area contributed by atoms with E-state index in [1.54, 1.807) is 12.1 Å². The summed E-state index contributed by atoms with van der Waals surface area (Å²) in [5.74, 6) is -0.759.